The Hall–Kier alpha value is -0.340. The molecule has 1 saturated heterocycles. The molecule has 0 aromatic heterocycles. The molecule has 16 heavy (non-hydrogen) atoms. The fraction of sp³-hybridized carbons (Fsp3) is 0.857. The molecule has 2 nitrogen and oxygen atoms in total. The summed E-state index contributed by atoms with van der Waals surface area (Å²) in [6, 6.07) is 0.767. The first kappa shape index (κ1) is 10.8. The number of rotatable bonds is 3. The van der Waals surface area contributed by atoms with Crippen molar-refractivity contribution in [2.24, 2.45) is 17.3 Å². The first-order valence-electron chi connectivity index (χ1n) is 6.75. The van der Waals surface area contributed by atoms with Crippen LogP contribution < -0.4 is 5.32 Å². The van der Waals surface area contributed by atoms with Gasteiger partial charge in [-0.3, -0.25) is 0 Å². The minimum absolute atomic E-state index is 0.478. The van der Waals surface area contributed by atoms with Gasteiger partial charge in [0.25, 0.3) is 0 Å². The van der Waals surface area contributed by atoms with Gasteiger partial charge in [-0.25, -0.2) is 0 Å². The van der Waals surface area contributed by atoms with Crippen molar-refractivity contribution in [3.63, 3.8) is 0 Å². The van der Waals surface area contributed by atoms with E-state index in [0.717, 1.165) is 31.1 Å². The van der Waals surface area contributed by atoms with Gasteiger partial charge in [-0.15, -0.1) is 0 Å². The zero-order valence-electron chi connectivity index (χ0n) is 10.2. The Morgan fingerprint density at radius 3 is 2.94 bits per heavy atom. The van der Waals surface area contributed by atoms with Gasteiger partial charge in [0.1, 0.15) is 0 Å². The lowest BCUT2D eigenvalue weighted by Gasteiger charge is -2.43. The quantitative estimate of drug-likeness (QED) is 0.739. The van der Waals surface area contributed by atoms with Gasteiger partial charge in [0.05, 0.1) is 0 Å². The maximum Gasteiger partial charge on any atom is 0.0471 e. The van der Waals surface area contributed by atoms with Crippen molar-refractivity contribution in [1.29, 1.82) is 0 Å². The molecule has 1 N–H and O–H groups in total. The molecule has 0 spiro atoms. The number of allylic oxidation sites excluding steroid dienone is 1. The van der Waals surface area contributed by atoms with Crippen LogP contribution in [0.3, 0.4) is 0 Å². The van der Waals surface area contributed by atoms with E-state index >= 15 is 0 Å². The van der Waals surface area contributed by atoms with Crippen LogP contribution in [-0.4, -0.2) is 25.8 Å². The molecule has 90 valence electrons. The van der Waals surface area contributed by atoms with Gasteiger partial charge in [-0.2, -0.15) is 0 Å². The number of hydrogen-bond acceptors (Lipinski definition) is 2. The molecule has 3 aliphatic rings. The summed E-state index contributed by atoms with van der Waals surface area (Å²) in [7, 11) is 0. The summed E-state index contributed by atoms with van der Waals surface area (Å²) in [6.07, 6.45) is 9.96. The van der Waals surface area contributed by atoms with Crippen LogP contribution in [0.5, 0.6) is 0 Å². The van der Waals surface area contributed by atoms with Gasteiger partial charge in [0.2, 0.25) is 0 Å². The van der Waals surface area contributed by atoms with Crippen molar-refractivity contribution < 1.29 is 4.74 Å². The standard InChI is InChI=1S/C14H23NO/c1-14(5-7-16-8-6-14)10-15-13-9-11-3-2-4-12(11)13/h2,4,11-13,15H,3,5-10H2,1H3. The van der Waals surface area contributed by atoms with Crippen LogP contribution in [-0.2, 0) is 4.74 Å². The Bertz CT molecular complexity index is 280. The van der Waals surface area contributed by atoms with E-state index in [9.17, 15) is 0 Å². The van der Waals surface area contributed by atoms with E-state index in [0.29, 0.717) is 5.41 Å². The summed E-state index contributed by atoms with van der Waals surface area (Å²) in [5, 5.41) is 3.79. The van der Waals surface area contributed by atoms with Crippen LogP contribution in [0.15, 0.2) is 12.2 Å². The van der Waals surface area contributed by atoms with Gasteiger partial charge >= 0.3 is 0 Å². The second-order valence-corrected chi connectivity index (χ2v) is 6.15. The van der Waals surface area contributed by atoms with Crippen LogP contribution in [0.1, 0.15) is 32.6 Å². The fourth-order valence-electron chi connectivity index (χ4n) is 3.37. The van der Waals surface area contributed by atoms with E-state index in [4.69, 9.17) is 4.74 Å². The third-order valence-electron chi connectivity index (χ3n) is 4.85. The molecule has 2 fully saturated rings. The number of hydrogen-bond donors (Lipinski definition) is 1. The fourth-order valence-corrected chi connectivity index (χ4v) is 3.37. The zero-order valence-corrected chi connectivity index (χ0v) is 10.2. The van der Waals surface area contributed by atoms with Crippen molar-refractivity contribution in [3.05, 3.63) is 12.2 Å². The third kappa shape index (κ3) is 1.93. The second kappa shape index (κ2) is 4.15. The maximum atomic E-state index is 5.44. The lowest BCUT2D eigenvalue weighted by molar-refractivity contribution is 0.0180. The highest BCUT2D eigenvalue weighted by Crippen LogP contribution is 2.43. The van der Waals surface area contributed by atoms with E-state index < -0.39 is 0 Å². The molecule has 3 rings (SSSR count). The van der Waals surface area contributed by atoms with E-state index in [-0.39, 0.29) is 0 Å². The largest absolute Gasteiger partial charge is 0.381 e. The molecule has 0 bridgehead atoms. The van der Waals surface area contributed by atoms with E-state index in [1.807, 2.05) is 0 Å². The summed E-state index contributed by atoms with van der Waals surface area (Å²) >= 11 is 0. The molecular formula is C14H23NO. The molecule has 1 aliphatic heterocycles. The predicted octanol–water partition coefficient (Wildman–Crippen LogP) is 2.36. The molecule has 2 aliphatic carbocycles. The molecule has 1 saturated carbocycles. The van der Waals surface area contributed by atoms with Gasteiger partial charge in [0, 0.05) is 25.8 Å². The van der Waals surface area contributed by atoms with Crippen LogP contribution in [0.4, 0.5) is 0 Å². The Morgan fingerprint density at radius 1 is 1.38 bits per heavy atom. The molecule has 3 unspecified atom stereocenters. The summed E-state index contributed by atoms with van der Waals surface area (Å²) in [5.74, 6) is 1.82. The van der Waals surface area contributed by atoms with Crippen molar-refractivity contribution >= 4 is 0 Å². The minimum Gasteiger partial charge on any atom is -0.381 e. The maximum absolute atomic E-state index is 5.44. The zero-order chi connectivity index (χ0) is 11.0. The van der Waals surface area contributed by atoms with Crippen molar-refractivity contribution in [2.75, 3.05) is 19.8 Å². The Morgan fingerprint density at radius 2 is 2.19 bits per heavy atom. The summed E-state index contributed by atoms with van der Waals surface area (Å²) in [6.45, 7) is 5.49. The van der Waals surface area contributed by atoms with Gasteiger partial charge in [-0.1, -0.05) is 19.1 Å². The second-order valence-electron chi connectivity index (χ2n) is 6.15. The molecule has 0 amide bonds. The topological polar surface area (TPSA) is 21.3 Å². The lowest BCUT2D eigenvalue weighted by atomic mass is 9.70. The molecule has 0 aromatic rings. The van der Waals surface area contributed by atoms with E-state index in [1.54, 1.807) is 0 Å². The SMILES string of the molecule is CC1(CNC2CC3CC=CC32)CCOCC1. The molecule has 2 heteroatoms. The van der Waals surface area contributed by atoms with Gasteiger partial charge in [0.15, 0.2) is 0 Å². The van der Waals surface area contributed by atoms with E-state index in [2.05, 4.69) is 24.4 Å². The van der Waals surface area contributed by atoms with Crippen molar-refractivity contribution in [1.82, 2.24) is 5.32 Å². The molecule has 3 atom stereocenters. The third-order valence-corrected chi connectivity index (χ3v) is 4.85. The summed E-state index contributed by atoms with van der Waals surface area (Å²) in [5.41, 5.74) is 0.478. The summed E-state index contributed by atoms with van der Waals surface area (Å²) < 4.78 is 5.44. The normalized spacial score (nSPS) is 40.4. The average Bonchev–Trinajstić information content (AvgIpc) is 2.61. The minimum atomic E-state index is 0.478. The lowest BCUT2D eigenvalue weighted by Crippen LogP contribution is -2.51. The van der Waals surface area contributed by atoms with Crippen molar-refractivity contribution in [2.45, 2.75) is 38.6 Å². The highest BCUT2D eigenvalue weighted by molar-refractivity contribution is 5.13. The van der Waals surface area contributed by atoms with Crippen LogP contribution in [0, 0.1) is 17.3 Å². The van der Waals surface area contributed by atoms with E-state index in [1.165, 1.54) is 32.2 Å². The Kier molecular flexibility index (Phi) is 2.80. The van der Waals surface area contributed by atoms with Crippen LogP contribution in [0.25, 0.3) is 0 Å². The molecular weight excluding hydrogens is 198 g/mol. The number of nitrogens with one attached hydrogen (secondary N) is 1. The first-order valence-corrected chi connectivity index (χ1v) is 6.75. The van der Waals surface area contributed by atoms with Gasteiger partial charge < -0.3 is 10.1 Å². The molecule has 0 aromatic carbocycles. The van der Waals surface area contributed by atoms with Crippen molar-refractivity contribution in [3.8, 4) is 0 Å². The highest BCUT2D eigenvalue weighted by atomic mass is 16.5. The van der Waals surface area contributed by atoms with Crippen LogP contribution in [0.2, 0.25) is 0 Å². The summed E-state index contributed by atoms with van der Waals surface area (Å²) in [4.78, 5) is 0. The van der Waals surface area contributed by atoms with Gasteiger partial charge in [-0.05, 0) is 42.9 Å². The Balaban J connectivity index is 1.47. The average molecular weight is 221 g/mol. The predicted molar refractivity (Wildman–Crippen MR) is 65.3 cm³/mol. The van der Waals surface area contributed by atoms with Crippen LogP contribution >= 0.6 is 0 Å². The molecule has 1 heterocycles. The first-order chi connectivity index (χ1) is 7.77. The number of ether oxygens (including phenoxy) is 1. The Labute approximate surface area is 98.4 Å². The monoisotopic (exact) mass is 221 g/mol. The number of fused-ring (bicyclic) bond motifs is 1. The molecule has 0 radical (unpaired) electrons. The smallest absolute Gasteiger partial charge is 0.0471 e. The highest BCUT2D eigenvalue weighted by Gasteiger charge is 2.41.